The molecule has 0 unspecified atom stereocenters. The van der Waals surface area contributed by atoms with Crippen LogP contribution in [-0.2, 0) is 11.4 Å². The van der Waals surface area contributed by atoms with Crippen molar-refractivity contribution < 1.29 is 19.1 Å². The second-order valence-electron chi connectivity index (χ2n) is 7.16. The highest BCUT2D eigenvalue weighted by Gasteiger charge is 2.36. The molecule has 9 heteroatoms. The van der Waals surface area contributed by atoms with Crippen LogP contribution in [-0.4, -0.2) is 17.8 Å². The highest BCUT2D eigenvalue weighted by Crippen LogP contribution is 2.40. The molecule has 1 aliphatic heterocycles. The lowest BCUT2D eigenvalue weighted by Gasteiger charge is -2.14. The van der Waals surface area contributed by atoms with Gasteiger partial charge in [0.2, 0.25) is 0 Å². The Morgan fingerprint density at radius 3 is 2.32 bits per heavy atom. The number of rotatable bonds is 7. The molecular weight excluding hydrogens is 606 g/mol. The minimum Gasteiger partial charge on any atom is -0.490 e. The van der Waals surface area contributed by atoms with E-state index in [1.807, 2.05) is 31.2 Å². The van der Waals surface area contributed by atoms with Gasteiger partial charge < -0.3 is 9.47 Å². The molecule has 0 bridgehead atoms. The van der Waals surface area contributed by atoms with Crippen molar-refractivity contribution in [3.8, 4) is 11.5 Å². The summed E-state index contributed by atoms with van der Waals surface area (Å²) in [4.78, 5) is 27.0. The first-order chi connectivity index (χ1) is 16.4. The van der Waals surface area contributed by atoms with Gasteiger partial charge >= 0.3 is 0 Å². The fourth-order valence-electron chi connectivity index (χ4n) is 3.21. The summed E-state index contributed by atoms with van der Waals surface area (Å²) in [5.41, 5.74) is 2.18. The van der Waals surface area contributed by atoms with Crippen molar-refractivity contribution in [3.63, 3.8) is 0 Å². The molecule has 1 heterocycles. The van der Waals surface area contributed by atoms with Crippen LogP contribution >= 0.6 is 55.2 Å². The Morgan fingerprint density at radius 1 is 0.971 bits per heavy atom. The molecule has 3 aromatic rings. The summed E-state index contributed by atoms with van der Waals surface area (Å²) in [6, 6.07) is 18.0. The number of nitrogens with zero attached hydrogens (tertiary/aromatic N) is 1. The molecule has 0 aromatic heterocycles. The van der Waals surface area contributed by atoms with Gasteiger partial charge in [0.05, 0.1) is 17.2 Å². The van der Waals surface area contributed by atoms with Gasteiger partial charge in [0.15, 0.2) is 11.5 Å². The normalized spacial score (nSPS) is 14.7. The fourth-order valence-corrected chi connectivity index (χ4v) is 4.87. The van der Waals surface area contributed by atoms with Gasteiger partial charge in [-0.3, -0.25) is 9.59 Å². The lowest BCUT2D eigenvalue weighted by atomic mass is 10.1. The predicted octanol–water partition coefficient (Wildman–Crippen LogP) is 8.08. The molecule has 0 atom stereocenters. The van der Waals surface area contributed by atoms with Gasteiger partial charge in [-0.1, -0.05) is 55.6 Å². The topological polar surface area (TPSA) is 55.8 Å². The molecule has 4 rings (SSSR count). The molecule has 5 nitrogen and oxygen atoms in total. The van der Waals surface area contributed by atoms with E-state index in [2.05, 4.69) is 31.9 Å². The Balaban J connectivity index is 1.59. The van der Waals surface area contributed by atoms with Crippen molar-refractivity contribution >= 4 is 78.1 Å². The van der Waals surface area contributed by atoms with Crippen LogP contribution in [0.3, 0.4) is 0 Å². The number of imide groups is 1. The van der Waals surface area contributed by atoms with Gasteiger partial charge in [-0.2, -0.15) is 0 Å². The highest BCUT2D eigenvalue weighted by molar-refractivity contribution is 9.10. The van der Waals surface area contributed by atoms with E-state index < -0.39 is 5.91 Å². The van der Waals surface area contributed by atoms with Gasteiger partial charge in [-0.05, 0) is 84.4 Å². The van der Waals surface area contributed by atoms with Crippen molar-refractivity contribution in [2.24, 2.45) is 0 Å². The van der Waals surface area contributed by atoms with Crippen molar-refractivity contribution in [1.29, 1.82) is 0 Å². The van der Waals surface area contributed by atoms with E-state index in [9.17, 15) is 9.59 Å². The summed E-state index contributed by atoms with van der Waals surface area (Å²) in [5.74, 6) is 0.729. The molecule has 34 heavy (non-hydrogen) atoms. The minimum absolute atomic E-state index is 0.312. The number of anilines is 1. The summed E-state index contributed by atoms with van der Waals surface area (Å²) in [7, 11) is 0. The zero-order valence-electron chi connectivity index (χ0n) is 17.9. The number of hydrogen-bond donors (Lipinski definition) is 0. The maximum atomic E-state index is 13.0. The molecule has 0 N–H and O–H groups in total. The summed E-state index contributed by atoms with van der Waals surface area (Å²) in [6.45, 7) is 2.71. The van der Waals surface area contributed by atoms with E-state index in [-0.39, 0.29) is 5.24 Å². The number of hydrogen-bond acceptors (Lipinski definition) is 5. The van der Waals surface area contributed by atoms with E-state index in [1.54, 1.807) is 42.5 Å². The fraction of sp³-hybridized carbons (Fsp3) is 0.120. The van der Waals surface area contributed by atoms with Crippen LogP contribution in [0.2, 0.25) is 5.02 Å². The Bertz CT molecular complexity index is 1260. The average Bonchev–Trinajstić information content (AvgIpc) is 3.09. The van der Waals surface area contributed by atoms with Crippen LogP contribution in [0, 0.1) is 0 Å². The molecule has 1 fully saturated rings. The number of ether oxygens (including phenoxy) is 2. The Kier molecular flexibility index (Phi) is 8.03. The Morgan fingerprint density at radius 2 is 1.65 bits per heavy atom. The van der Waals surface area contributed by atoms with E-state index in [1.165, 1.54) is 0 Å². The summed E-state index contributed by atoms with van der Waals surface area (Å²) < 4.78 is 13.5. The van der Waals surface area contributed by atoms with Gasteiger partial charge in [0, 0.05) is 14.0 Å². The van der Waals surface area contributed by atoms with E-state index in [0.717, 1.165) is 26.7 Å². The number of thioether (sulfide) groups is 1. The molecule has 174 valence electrons. The zero-order chi connectivity index (χ0) is 24.2. The van der Waals surface area contributed by atoms with Crippen LogP contribution in [0.15, 0.2) is 74.5 Å². The number of carbonyl (C=O) groups excluding carboxylic acids is 2. The minimum atomic E-state index is -0.391. The summed E-state index contributed by atoms with van der Waals surface area (Å²) in [5, 5.41) is 0.162. The number of halogens is 3. The number of carbonyl (C=O) groups is 2. The van der Waals surface area contributed by atoms with Crippen molar-refractivity contribution in [3.05, 3.63) is 90.7 Å². The lowest BCUT2D eigenvalue weighted by Crippen LogP contribution is -2.27. The lowest BCUT2D eigenvalue weighted by molar-refractivity contribution is -0.113. The van der Waals surface area contributed by atoms with Crippen molar-refractivity contribution in [2.75, 3.05) is 11.5 Å². The SMILES string of the molecule is CCOc1cc(/C=C2/SC(=O)N(c3ccc(Cl)cc3)C2=O)c(Br)cc1OCc1ccc(Br)cc1. The van der Waals surface area contributed by atoms with Gasteiger partial charge in [0.1, 0.15) is 6.61 Å². The average molecular weight is 624 g/mol. The molecule has 2 amide bonds. The van der Waals surface area contributed by atoms with Crippen LogP contribution in [0.25, 0.3) is 6.08 Å². The van der Waals surface area contributed by atoms with Crippen molar-refractivity contribution in [1.82, 2.24) is 0 Å². The van der Waals surface area contributed by atoms with Gasteiger partial charge in [0.25, 0.3) is 11.1 Å². The van der Waals surface area contributed by atoms with E-state index in [4.69, 9.17) is 21.1 Å². The predicted molar refractivity (Wildman–Crippen MR) is 144 cm³/mol. The van der Waals surface area contributed by atoms with Gasteiger partial charge in [-0.15, -0.1) is 0 Å². The smallest absolute Gasteiger partial charge is 0.298 e. The first kappa shape index (κ1) is 24.9. The molecule has 0 spiro atoms. The number of benzene rings is 3. The summed E-state index contributed by atoms with van der Waals surface area (Å²) >= 11 is 13.8. The third-order valence-corrected chi connectivity index (χ3v) is 7.17. The van der Waals surface area contributed by atoms with Crippen LogP contribution in [0.5, 0.6) is 11.5 Å². The first-order valence-electron chi connectivity index (χ1n) is 10.2. The van der Waals surface area contributed by atoms with Crippen LogP contribution < -0.4 is 14.4 Å². The Labute approximate surface area is 223 Å². The third-order valence-electron chi connectivity index (χ3n) is 4.84. The van der Waals surface area contributed by atoms with Crippen molar-refractivity contribution in [2.45, 2.75) is 13.5 Å². The third kappa shape index (κ3) is 5.68. The quantitative estimate of drug-likeness (QED) is 0.249. The second-order valence-corrected chi connectivity index (χ2v) is 10.4. The maximum absolute atomic E-state index is 13.0. The van der Waals surface area contributed by atoms with E-state index in [0.29, 0.717) is 50.4 Å². The zero-order valence-corrected chi connectivity index (χ0v) is 22.6. The molecular formula is C25H18Br2ClNO4S. The second kappa shape index (κ2) is 11.0. The molecule has 1 aliphatic rings. The molecule has 0 aliphatic carbocycles. The Hall–Kier alpha value is -2.26. The molecule has 3 aromatic carbocycles. The highest BCUT2D eigenvalue weighted by atomic mass is 79.9. The molecule has 0 saturated carbocycles. The number of amides is 2. The van der Waals surface area contributed by atoms with E-state index >= 15 is 0 Å². The molecule has 0 radical (unpaired) electrons. The summed E-state index contributed by atoms with van der Waals surface area (Å²) in [6.07, 6.45) is 1.67. The van der Waals surface area contributed by atoms with Crippen LogP contribution in [0.4, 0.5) is 10.5 Å². The monoisotopic (exact) mass is 621 g/mol. The molecule has 1 saturated heterocycles. The first-order valence-corrected chi connectivity index (χ1v) is 13.0. The standard InChI is InChI=1S/C25H18Br2ClNO4S/c1-2-32-21-11-16(20(27)13-22(21)33-14-15-3-5-17(26)6-4-15)12-23-24(30)29(25(31)34-23)19-9-7-18(28)8-10-19/h3-13H,2,14H2,1H3/b23-12+. The van der Waals surface area contributed by atoms with Crippen LogP contribution in [0.1, 0.15) is 18.1 Å². The largest absolute Gasteiger partial charge is 0.490 e. The van der Waals surface area contributed by atoms with Gasteiger partial charge in [-0.25, -0.2) is 4.90 Å². The maximum Gasteiger partial charge on any atom is 0.298 e.